The third-order valence-corrected chi connectivity index (χ3v) is 17.1. The summed E-state index contributed by atoms with van der Waals surface area (Å²) < 4.78 is 5.51. The average molecular weight is 1100 g/mol. The van der Waals surface area contributed by atoms with Crippen LogP contribution in [0.4, 0.5) is 0 Å². The molecular weight excluding hydrogens is 959 g/mol. The molecule has 0 aliphatic carbocycles. The lowest BCUT2D eigenvalue weighted by Gasteiger charge is -2.22. The van der Waals surface area contributed by atoms with Gasteiger partial charge >= 0.3 is 5.97 Å². The Balaban J connectivity index is 3.35. The molecule has 0 aliphatic rings. The summed E-state index contributed by atoms with van der Waals surface area (Å²) in [5.41, 5.74) is 0. The van der Waals surface area contributed by atoms with Crippen molar-refractivity contribution in [2.75, 3.05) is 13.2 Å². The van der Waals surface area contributed by atoms with Crippen LogP contribution in [0.15, 0.2) is 12.2 Å². The van der Waals surface area contributed by atoms with Crippen molar-refractivity contribution in [3.8, 4) is 0 Å². The summed E-state index contributed by atoms with van der Waals surface area (Å²) in [5.74, 6) is -0.0115. The lowest BCUT2D eigenvalue weighted by molar-refractivity contribution is -0.143. The van der Waals surface area contributed by atoms with Crippen LogP contribution >= 0.6 is 0 Å². The summed E-state index contributed by atoms with van der Waals surface area (Å²) in [5, 5.41) is 23.3. The number of carbonyl (C=O) groups excluding carboxylic acids is 2. The van der Waals surface area contributed by atoms with Crippen LogP contribution in [-0.4, -0.2) is 47.4 Å². The van der Waals surface area contributed by atoms with Crippen LogP contribution in [0, 0.1) is 0 Å². The first-order valence-electron chi connectivity index (χ1n) is 35.9. The van der Waals surface area contributed by atoms with E-state index in [1.54, 1.807) is 0 Å². The van der Waals surface area contributed by atoms with Gasteiger partial charge in [-0.2, -0.15) is 0 Å². The Morgan fingerprint density at radius 3 is 0.910 bits per heavy atom. The lowest BCUT2D eigenvalue weighted by Crippen LogP contribution is -2.45. The first-order chi connectivity index (χ1) is 38.5. The molecule has 0 spiro atoms. The molecule has 0 saturated carbocycles. The van der Waals surface area contributed by atoms with E-state index >= 15 is 0 Å². The Morgan fingerprint density at radius 1 is 0.346 bits per heavy atom. The molecule has 0 bridgehead atoms. The largest absolute Gasteiger partial charge is 0.466 e. The normalized spacial score (nSPS) is 12.5. The minimum atomic E-state index is -0.664. The monoisotopic (exact) mass is 1100 g/mol. The smallest absolute Gasteiger partial charge is 0.305 e. The molecule has 2 unspecified atom stereocenters. The van der Waals surface area contributed by atoms with Gasteiger partial charge < -0.3 is 20.3 Å². The third kappa shape index (κ3) is 63.8. The first kappa shape index (κ1) is 76.6. The summed E-state index contributed by atoms with van der Waals surface area (Å²) in [7, 11) is 0. The maximum Gasteiger partial charge on any atom is 0.305 e. The van der Waals surface area contributed by atoms with Crippen molar-refractivity contribution in [2.45, 2.75) is 424 Å². The molecule has 0 aromatic carbocycles. The Morgan fingerprint density at radius 2 is 0.603 bits per heavy atom. The van der Waals surface area contributed by atoms with Crippen molar-refractivity contribution >= 4 is 11.9 Å². The van der Waals surface area contributed by atoms with E-state index in [4.69, 9.17) is 4.74 Å². The minimum Gasteiger partial charge on any atom is -0.466 e. The zero-order valence-corrected chi connectivity index (χ0v) is 53.2. The lowest BCUT2D eigenvalue weighted by atomic mass is 10.0. The molecule has 0 rings (SSSR count). The topological polar surface area (TPSA) is 95.9 Å². The maximum absolute atomic E-state index is 12.5. The highest BCUT2D eigenvalue weighted by atomic mass is 16.5. The van der Waals surface area contributed by atoms with E-state index in [9.17, 15) is 19.8 Å². The van der Waals surface area contributed by atoms with Crippen molar-refractivity contribution in [1.82, 2.24) is 5.32 Å². The summed E-state index contributed by atoms with van der Waals surface area (Å²) in [4.78, 5) is 24.6. The summed E-state index contributed by atoms with van der Waals surface area (Å²) in [6, 6.07) is -0.541. The van der Waals surface area contributed by atoms with E-state index in [-0.39, 0.29) is 18.5 Å². The number of esters is 1. The molecule has 6 heteroatoms. The fourth-order valence-electron chi connectivity index (χ4n) is 11.6. The molecule has 2 atom stereocenters. The standard InChI is InChI=1S/C72H141NO5/c1-3-5-7-9-11-13-15-17-19-21-34-38-42-46-50-54-58-62-66-72(77)78-67-63-59-55-51-47-43-39-35-32-30-28-26-24-22-23-25-27-29-31-33-37-41-45-49-53-57-61-65-71(76)73-69(68-74)70(75)64-60-56-52-48-44-40-36-20-18-16-14-12-10-8-6-4-2/h22-23,69-70,74-75H,3-21,24-68H2,1-2H3,(H,73,76)/b23-22-. The van der Waals surface area contributed by atoms with Gasteiger partial charge in [-0.1, -0.05) is 360 Å². The number of amides is 1. The van der Waals surface area contributed by atoms with Crippen LogP contribution in [0.25, 0.3) is 0 Å². The van der Waals surface area contributed by atoms with Gasteiger partial charge in [-0.3, -0.25) is 9.59 Å². The summed E-state index contributed by atoms with van der Waals surface area (Å²) >= 11 is 0. The molecule has 0 saturated heterocycles. The van der Waals surface area contributed by atoms with Gasteiger partial charge in [-0.15, -0.1) is 0 Å². The van der Waals surface area contributed by atoms with Gasteiger partial charge in [0.1, 0.15) is 0 Å². The van der Waals surface area contributed by atoms with Gasteiger partial charge in [0.15, 0.2) is 0 Å². The molecule has 0 heterocycles. The highest BCUT2D eigenvalue weighted by molar-refractivity contribution is 5.76. The first-order valence-corrected chi connectivity index (χ1v) is 35.9. The predicted octanol–water partition coefficient (Wildman–Crippen LogP) is 23.1. The molecule has 0 fully saturated rings. The molecular formula is C72H141NO5. The van der Waals surface area contributed by atoms with E-state index in [0.717, 1.165) is 38.5 Å². The second kappa shape index (κ2) is 68.1. The molecule has 0 aromatic heterocycles. The number of carbonyl (C=O) groups is 2. The van der Waals surface area contributed by atoms with Gasteiger partial charge in [0.2, 0.25) is 5.91 Å². The van der Waals surface area contributed by atoms with Crippen LogP contribution in [-0.2, 0) is 14.3 Å². The van der Waals surface area contributed by atoms with Gasteiger partial charge in [0.25, 0.3) is 0 Å². The highest BCUT2D eigenvalue weighted by Crippen LogP contribution is 2.19. The SMILES string of the molecule is CCCCCCCCCCCCCCCCCCCCC(=O)OCCCCCCCCCCCCCC/C=C\CCCCCCCCCCCCCC(=O)NC(CO)C(O)CCCCCCCCCCCCCCCCCC. The fraction of sp³-hybridized carbons (Fsp3) is 0.944. The Hall–Kier alpha value is -1.40. The second-order valence-corrected chi connectivity index (χ2v) is 24.9. The molecule has 78 heavy (non-hydrogen) atoms. The number of hydrogen-bond acceptors (Lipinski definition) is 5. The maximum atomic E-state index is 12.5. The molecule has 464 valence electrons. The van der Waals surface area contributed by atoms with E-state index in [1.165, 1.54) is 340 Å². The number of ether oxygens (including phenoxy) is 1. The zero-order valence-electron chi connectivity index (χ0n) is 53.2. The third-order valence-electron chi connectivity index (χ3n) is 17.1. The molecule has 3 N–H and O–H groups in total. The molecule has 0 aliphatic heterocycles. The Kier molecular flexibility index (Phi) is 66.9. The molecule has 0 aromatic rings. The van der Waals surface area contributed by atoms with Crippen LogP contribution in [0.1, 0.15) is 412 Å². The number of rotatable bonds is 68. The average Bonchev–Trinajstić information content (AvgIpc) is 3.44. The number of allylic oxidation sites excluding steroid dienone is 2. The van der Waals surface area contributed by atoms with Crippen molar-refractivity contribution in [1.29, 1.82) is 0 Å². The van der Waals surface area contributed by atoms with E-state index in [1.807, 2.05) is 0 Å². The number of unbranched alkanes of at least 4 members (excludes halogenated alkanes) is 55. The quantitative estimate of drug-likeness (QED) is 0.0320. The summed E-state index contributed by atoms with van der Waals surface area (Å²) in [6.07, 6.45) is 84.1. The second-order valence-electron chi connectivity index (χ2n) is 24.9. The van der Waals surface area contributed by atoms with Crippen molar-refractivity contribution < 1.29 is 24.5 Å². The number of aliphatic hydroxyl groups excluding tert-OH is 2. The zero-order chi connectivity index (χ0) is 56.4. The van der Waals surface area contributed by atoms with Crippen LogP contribution in [0.2, 0.25) is 0 Å². The Labute approximate surface area is 489 Å². The van der Waals surface area contributed by atoms with Crippen LogP contribution in [0.3, 0.4) is 0 Å². The highest BCUT2D eigenvalue weighted by Gasteiger charge is 2.20. The predicted molar refractivity (Wildman–Crippen MR) is 343 cm³/mol. The fourth-order valence-corrected chi connectivity index (χ4v) is 11.6. The van der Waals surface area contributed by atoms with E-state index < -0.39 is 12.1 Å². The van der Waals surface area contributed by atoms with Gasteiger partial charge in [-0.05, 0) is 51.4 Å². The summed E-state index contributed by atoms with van der Waals surface area (Å²) in [6.45, 7) is 5.00. The van der Waals surface area contributed by atoms with Crippen molar-refractivity contribution in [3.63, 3.8) is 0 Å². The van der Waals surface area contributed by atoms with Gasteiger partial charge in [0, 0.05) is 12.8 Å². The molecule has 1 amide bonds. The van der Waals surface area contributed by atoms with Gasteiger partial charge in [-0.25, -0.2) is 0 Å². The van der Waals surface area contributed by atoms with Crippen LogP contribution < -0.4 is 5.32 Å². The Bertz CT molecular complexity index is 1180. The van der Waals surface area contributed by atoms with Gasteiger partial charge in [0.05, 0.1) is 25.4 Å². The van der Waals surface area contributed by atoms with Crippen LogP contribution in [0.5, 0.6) is 0 Å². The van der Waals surface area contributed by atoms with Crippen molar-refractivity contribution in [2.24, 2.45) is 0 Å². The minimum absolute atomic E-state index is 0.0206. The van der Waals surface area contributed by atoms with E-state index in [2.05, 4.69) is 31.3 Å². The van der Waals surface area contributed by atoms with Crippen molar-refractivity contribution in [3.05, 3.63) is 12.2 Å². The molecule has 6 nitrogen and oxygen atoms in total. The number of hydrogen-bond donors (Lipinski definition) is 3. The number of nitrogens with one attached hydrogen (secondary N) is 1. The van der Waals surface area contributed by atoms with E-state index in [0.29, 0.717) is 25.9 Å². The molecule has 0 radical (unpaired) electrons. The number of aliphatic hydroxyl groups is 2.